The summed E-state index contributed by atoms with van der Waals surface area (Å²) in [6.07, 6.45) is 6.52. The van der Waals surface area contributed by atoms with Crippen molar-refractivity contribution < 1.29 is 0 Å². The van der Waals surface area contributed by atoms with Gasteiger partial charge in [-0.25, -0.2) is 0 Å². The van der Waals surface area contributed by atoms with Crippen LogP contribution in [0.4, 0.5) is 0 Å². The molecule has 0 N–H and O–H groups in total. The first kappa shape index (κ1) is 14.1. The molecule has 19 heavy (non-hydrogen) atoms. The number of thiophene rings is 2. The van der Waals surface area contributed by atoms with Gasteiger partial charge >= 0.3 is 0 Å². The highest BCUT2D eigenvalue weighted by Crippen LogP contribution is 2.43. The van der Waals surface area contributed by atoms with Crippen LogP contribution in [0, 0.1) is 6.92 Å². The molecule has 0 aromatic carbocycles. The minimum Gasteiger partial charge on any atom is -0.143 e. The fraction of sp³-hybridized carbons (Fsp3) is 0.467. The van der Waals surface area contributed by atoms with Gasteiger partial charge in [0.1, 0.15) is 5.38 Å². The summed E-state index contributed by atoms with van der Waals surface area (Å²) in [4.78, 5) is 5.44. The Morgan fingerprint density at radius 3 is 2.68 bits per heavy atom. The number of rotatable bonds is 2. The van der Waals surface area contributed by atoms with E-state index < -0.39 is 0 Å². The van der Waals surface area contributed by atoms with Crippen LogP contribution in [0.1, 0.15) is 49.7 Å². The fourth-order valence-electron chi connectivity index (χ4n) is 2.62. The number of fused-ring (bicyclic) bond motifs is 1. The zero-order valence-corrected chi connectivity index (χ0v) is 14.8. The summed E-state index contributed by atoms with van der Waals surface area (Å²) in [5.74, 6) is 0. The van der Waals surface area contributed by atoms with Crippen molar-refractivity contribution in [3.05, 3.63) is 41.7 Å². The van der Waals surface area contributed by atoms with Crippen LogP contribution in [0.3, 0.4) is 0 Å². The van der Waals surface area contributed by atoms with E-state index in [1.54, 1.807) is 21.8 Å². The molecule has 0 amide bonds. The Kier molecular flexibility index (Phi) is 4.37. The molecule has 2 heterocycles. The van der Waals surface area contributed by atoms with Crippen LogP contribution in [0.15, 0.2) is 16.6 Å². The van der Waals surface area contributed by atoms with Gasteiger partial charge in [-0.05, 0) is 66.2 Å². The monoisotopic (exact) mass is 374 g/mol. The fourth-order valence-corrected chi connectivity index (χ4v) is 6.40. The first-order chi connectivity index (χ1) is 9.15. The lowest BCUT2D eigenvalue weighted by Gasteiger charge is -2.05. The average Bonchev–Trinajstić information content (AvgIpc) is 2.85. The molecule has 1 atom stereocenters. The van der Waals surface area contributed by atoms with E-state index in [1.807, 2.05) is 11.3 Å². The summed E-state index contributed by atoms with van der Waals surface area (Å²) in [5, 5.41) is 0.00463. The third-order valence-electron chi connectivity index (χ3n) is 3.58. The average molecular weight is 376 g/mol. The van der Waals surface area contributed by atoms with E-state index >= 15 is 0 Å². The number of hydrogen-bond acceptors (Lipinski definition) is 2. The summed E-state index contributed by atoms with van der Waals surface area (Å²) < 4.78 is 1.15. The summed E-state index contributed by atoms with van der Waals surface area (Å²) in [7, 11) is 0. The zero-order valence-electron chi connectivity index (χ0n) is 10.8. The van der Waals surface area contributed by atoms with Crippen LogP contribution in [0.25, 0.3) is 0 Å². The number of halogens is 2. The Balaban J connectivity index is 1.92. The second-order valence-electron chi connectivity index (χ2n) is 5.09. The molecular formula is C15H16BrClS2. The Labute approximate surface area is 135 Å². The molecule has 0 bridgehead atoms. The van der Waals surface area contributed by atoms with Gasteiger partial charge in [0.15, 0.2) is 0 Å². The van der Waals surface area contributed by atoms with E-state index in [0.29, 0.717) is 0 Å². The lowest BCUT2D eigenvalue weighted by Crippen LogP contribution is -1.87. The lowest BCUT2D eigenvalue weighted by molar-refractivity contribution is 0.712. The summed E-state index contributed by atoms with van der Waals surface area (Å²) in [6, 6.07) is 4.51. The molecular weight excluding hydrogens is 360 g/mol. The van der Waals surface area contributed by atoms with Crippen molar-refractivity contribution in [3.8, 4) is 0 Å². The quantitative estimate of drug-likeness (QED) is 0.416. The Morgan fingerprint density at radius 1 is 1.16 bits per heavy atom. The SMILES string of the molecule is Cc1cc(Br)c(C(Cl)c2cc3c(s2)CCCCC3)s1. The molecule has 1 aliphatic rings. The summed E-state index contributed by atoms with van der Waals surface area (Å²) in [5.41, 5.74) is 1.55. The summed E-state index contributed by atoms with van der Waals surface area (Å²) >= 11 is 14.1. The molecule has 0 fully saturated rings. The van der Waals surface area contributed by atoms with Crippen LogP contribution in [-0.4, -0.2) is 0 Å². The van der Waals surface area contributed by atoms with Crippen molar-refractivity contribution in [2.45, 2.75) is 44.4 Å². The molecule has 0 aliphatic heterocycles. The predicted molar refractivity (Wildman–Crippen MR) is 90.0 cm³/mol. The highest BCUT2D eigenvalue weighted by Gasteiger charge is 2.21. The molecule has 2 aromatic heterocycles. The van der Waals surface area contributed by atoms with Gasteiger partial charge < -0.3 is 0 Å². The first-order valence-corrected chi connectivity index (χ1v) is 9.53. The molecule has 0 nitrogen and oxygen atoms in total. The molecule has 0 saturated carbocycles. The molecule has 0 saturated heterocycles. The van der Waals surface area contributed by atoms with Crippen molar-refractivity contribution in [1.29, 1.82) is 0 Å². The van der Waals surface area contributed by atoms with Crippen molar-refractivity contribution in [2.75, 3.05) is 0 Å². The van der Waals surface area contributed by atoms with Crippen LogP contribution >= 0.6 is 50.2 Å². The van der Waals surface area contributed by atoms with Gasteiger partial charge in [-0.1, -0.05) is 6.42 Å². The van der Waals surface area contributed by atoms with Gasteiger partial charge in [0.05, 0.1) is 0 Å². The smallest absolute Gasteiger partial charge is 0.103 e. The number of hydrogen-bond donors (Lipinski definition) is 0. The van der Waals surface area contributed by atoms with E-state index in [-0.39, 0.29) is 5.38 Å². The number of aryl methyl sites for hydroxylation is 3. The molecule has 1 aliphatic carbocycles. The van der Waals surface area contributed by atoms with Gasteiger partial charge in [0.25, 0.3) is 0 Å². The molecule has 1 unspecified atom stereocenters. The largest absolute Gasteiger partial charge is 0.143 e. The van der Waals surface area contributed by atoms with Gasteiger partial charge in [-0.3, -0.25) is 0 Å². The van der Waals surface area contributed by atoms with E-state index in [9.17, 15) is 0 Å². The molecule has 102 valence electrons. The normalized spacial score (nSPS) is 17.0. The van der Waals surface area contributed by atoms with Gasteiger partial charge in [-0.15, -0.1) is 34.3 Å². The van der Waals surface area contributed by atoms with Gasteiger partial charge in [0, 0.05) is 24.0 Å². The van der Waals surface area contributed by atoms with Crippen LogP contribution in [0.2, 0.25) is 0 Å². The van der Waals surface area contributed by atoms with Crippen molar-refractivity contribution >= 4 is 50.2 Å². The second-order valence-corrected chi connectivity index (χ2v) is 8.84. The molecule has 4 heteroatoms. The Bertz CT molecular complexity index is 561. The van der Waals surface area contributed by atoms with Gasteiger partial charge in [-0.2, -0.15) is 0 Å². The third-order valence-corrected chi connectivity index (χ3v) is 7.63. The first-order valence-electron chi connectivity index (χ1n) is 6.66. The highest BCUT2D eigenvalue weighted by molar-refractivity contribution is 9.10. The van der Waals surface area contributed by atoms with Crippen molar-refractivity contribution in [3.63, 3.8) is 0 Å². The maximum atomic E-state index is 6.70. The minimum atomic E-state index is 0.00463. The third kappa shape index (κ3) is 2.94. The van der Waals surface area contributed by atoms with Crippen molar-refractivity contribution in [1.82, 2.24) is 0 Å². The lowest BCUT2D eigenvalue weighted by atomic mass is 10.1. The Hall–Kier alpha value is 0.170. The molecule has 0 radical (unpaired) electrons. The molecule has 2 aromatic rings. The van der Waals surface area contributed by atoms with Crippen LogP contribution in [-0.2, 0) is 12.8 Å². The maximum Gasteiger partial charge on any atom is 0.103 e. The van der Waals surface area contributed by atoms with Crippen LogP contribution in [0.5, 0.6) is 0 Å². The van der Waals surface area contributed by atoms with Crippen molar-refractivity contribution in [2.24, 2.45) is 0 Å². The molecule has 3 rings (SSSR count). The summed E-state index contributed by atoms with van der Waals surface area (Å²) in [6.45, 7) is 2.13. The highest BCUT2D eigenvalue weighted by atomic mass is 79.9. The zero-order chi connectivity index (χ0) is 13.4. The van der Waals surface area contributed by atoms with E-state index in [4.69, 9.17) is 11.6 Å². The minimum absolute atomic E-state index is 0.00463. The van der Waals surface area contributed by atoms with Gasteiger partial charge in [0.2, 0.25) is 0 Å². The maximum absolute atomic E-state index is 6.70. The number of alkyl halides is 1. The Morgan fingerprint density at radius 2 is 1.95 bits per heavy atom. The van der Waals surface area contributed by atoms with E-state index in [2.05, 4.69) is 35.0 Å². The standard InChI is InChI=1S/C15H16BrClS2/c1-9-7-11(16)15(18-9)14(17)13-8-10-5-3-2-4-6-12(10)19-13/h7-8,14H,2-6H2,1H3. The van der Waals surface area contributed by atoms with Crippen LogP contribution < -0.4 is 0 Å². The van der Waals surface area contributed by atoms with E-state index in [1.165, 1.54) is 46.7 Å². The second kappa shape index (κ2) is 5.88. The molecule has 0 spiro atoms. The predicted octanol–water partition coefficient (Wildman–Crippen LogP) is 6.48. The topological polar surface area (TPSA) is 0 Å². The van der Waals surface area contributed by atoms with E-state index in [0.717, 1.165) is 4.47 Å².